The highest BCUT2D eigenvalue weighted by Crippen LogP contribution is 2.41. The normalized spacial score (nSPS) is 16.6. The van der Waals surface area contributed by atoms with Gasteiger partial charge in [0.05, 0.1) is 18.6 Å². The number of nitrogens with one attached hydrogen (secondary N) is 2. The van der Waals surface area contributed by atoms with Crippen molar-refractivity contribution in [2.75, 3.05) is 13.2 Å². The summed E-state index contributed by atoms with van der Waals surface area (Å²) in [5, 5.41) is 3.34. The lowest BCUT2D eigenvalue weighted by Gasteiger charge is -2.32. The first-order valence-corrected chi connectivity index (χ1v) is 12.7. The van der Waals surface area contributed by atoms with E-state index in [9.17, 15) is 23.6 Å². The minimum Gasteiger partial charge on any atom is -0.466 e. The Balaban J connectivity index is 2.22. The van der Waals surface area contributed by atoms with E-state index in [1.54, 1.807) is 39.8 Å². The second-order valence-corrected chi connectivity index (χ2v) is 9.57. The van der Waals surface area contributed by atoms with E-state index in [1.807, 2.05) is 0 Å². The molecule has 200 valence electrons. The van der Waals surface area contributed by atoms with E-state index in [2.05, 4.69) is 5.32 Å². The van der Waals surface area contributed by atoms with Crippen molar-refractivity contribution in [3.8, 4) is 0 Å². The Bertz CT molecular complexity index is 933. The van der Waals surface area contributed by atoms with Crippen molar-refractivity contribution in [3.05, 3.63) is 35.6 Å². The van der Waals surface area contributed by atoms with Gasteiger partial charge in [0.25, 0.3) is 0 Å². The van der Waals surface area contributed by atoms with Crippen LogP contribution in [0.15, 0.2) is 24.3 Å². The monoisotopic (exact) mass is 507 g/mol. The molecule has 0 bridgehead atoms. The van der Waals surface area contributed by atoms with Crippen LogP contribution in [0.5, 0.6) is 0 Å². The third-order valence-corrected chi connectivity index (χ3v) is 6.46. The summed E-state index contributed by atoms with van der Waals surface area (Å²) in [6.07, 6.45) is 2.98. The van der Waals surface area contributed by atoms with E-state index in [0.717, 1.165) is 23.7 Å². The van der Waals surface area contributed by atoms with Crippen LogP contribution in [0.3, 0.4) is 0 Å². The van der Waals surface area contributed by atoms with Crippen LogP contribution in [0.25, 0.3) is 0 Å². The zero-order chi connectivity index (χ0) is 27.6. The number of hydrogen-bond acceptors (Lipinski definition) is 6. The Hall–Kier alpha value is -2.97. The molecule has 0 radical (unpaired) electrons. The summed E-state index contributed by atoms with van der Waals surface area (Å²) in [5.41, 5.74) is -0.0748. The number of carbonyl (C=O) groups excluding carboxylic acids is 4. The van der Waals surface area contributed by atoms with Crippen LogP contribution in [0.4, 0.5) is 4.39 Å². The highest BCUT2D eigenvalue weighted by atomic mass is 19.1. The van der Waals surface area contributed by atoms with E-state index >= 15 is 0 Å². The van der Waals surface area contributed by atoms with Gasteiger partial charge < -0.3 is 20.1 Å². The molecule has 2 rings (SSSR count). The van der Waals surface area contributed by atoms with Crippen molar-refractivity contribution in [2.45, 2.75) is 84.7 Å². The standard InChI is InChI=1S/C27H39FN2O6/c1-5-35-22(31)14-13-21(25(33)36-6-2)29-24(32)23(18(3)4)30-26(34)27(15-7-8-16-27)17-19-9-11-20(28)12-10-19/h9-12,18,21,23H,5-8,13-17H2,1-4H3,(H,29,32)(H,30,34)/t21-,23-/m0/s1/i/hD. The molecule has 9 heteroatoms. The van der Waals surface area contributed by atoms with Crippen molar-refractivity contribution in [1.82, 2.24) is 10.6 Å². The van der Waals surface area contributed by atoms with Crippen LogP contribution >= 0.6 is 0 Å². The average Bonchev–Trinajstić information content (AvgIpc) is 3.32. The molecule has 2 amide bonds. The molecule has 0 aromatic heterocycles. The number of rotatable bonds is 13. The Morgan fingerprint density at radius 2 is 1.67 bits per heavy atom. The maximum absolute atomic E-state index is 13.7. The van der Waals surface area contributed by atoms with Crippen LogP contribution in [0, 0.1) is 17.2 Å². The van der Waals surface area contributed by atoms with E-state index in [4.69, 9.17) is 10.9 Å². The summed E-state index contributed by atoms with van der Waals surface area (Å²) in [6, 6.07) is 3.67. The zero-order valence-corrected chi connectivity index (χ0v) is 21.7. The first-order valence-electron chi connectivity index (χ1n) is 13.2. The molecule has 1 fully saturated rings. The van der Waals surface area contributed by atoms with Gasteiger partial charge in [-0.2, -0.15) is 0 Å². The summed E-state index contributed by atoms with van der Waals surface area (Å²) in [6.45, 7) is 7.03. The summed E-state index contributed by atoms with van der Waals surface area (Å²) in [4.78, 5) is 51.4. The summed E-state index contributed by atoms with van der Waals surface area (Å²) in [5.74, 6) is -3.15. The topological polar surface area (TPSA) is 111 Å². The summed E-state index contributed by atoms with van der Waals surface area (Å²) < 4.78 is 32.1. The third-order valence-electron chi connectivity index (χ3n) is 6.46. The molecule has 1 aliphatic rings. The number of ether oxygens (including phenoxy) is 2. The quantitative estimate of drug-likeness (QED) is 0.396. The van der Waals surface area contributed by atoms with E-state index in [0.29, 0.717) is 19.3 Å². The number of halogens is 1. The molecule has 2 N–H and O–H groups in total. The molecule has 0 aliphatic heterocycles. The SMILES string of the molecule is [2H]N(C(=O)C1(Cc2ccc(F)cc2)CCCC1)[C@H](C(=O)N[C@@H](CCC(=O)OCC)C(=O)OCC)C(C)C. The Labute approximate surface area is 214 Å². The number of carbonyl (C=O) groups is 4. The van der Waals surface area contributed by atoms with Gasteiger partial charge in [-0.3, -0.25) is 14.4 Å². The van der Waals surface area contributed by atoms with Gasteiger partial charge in [-0.25, -0.2) is 9.18 Å². The molecule has 0 unspecified atom stereocenters. The van der Waals surface area contributed by atoms with Crippen molar-refractivity contribution in [3.63, 3.8) is 0 Å². The van der Waals surface area contributed by atoms with E-state index < -0.39 is 47.2 Å². The molecule has 0 spiro atoms. The zero-order valence-electron chi connectivity index (χ0n) is 22.7. The molecule has 1 aromatic rings. The van der Waals surface area contributed by atoms with E-state index in [1.165, 1.54) is 12.1 Å². The fraction of sp³-hybridized carbons (Fsp3) is 0.630. The molecule has 1 aromatic carbocycles. The van der Waals surface area contributed by atoms with Crippen molar-refractivity contribution < 1.29 is 34.5 Å². The highest BCUT2D eigenvalue weighted by molar-refractivity contribution is 5.92. The minimum atomic E-state index is -1.17. The first-order chi connectivity index (χ1) is 17.5. The van der Waals surface area contributed by atoms with Crippen LogP contribution in [0.1, 0.15) is 71.8 Å². The predicted molar refractivity (Wildman–Crippen MR) is 132 cm³/mol. The maximum Gasteiger partial charge on any atom is 0.328 e. The van der Waals surface area contributed by atoms with Gasteiger partial charge in [-0.05, 0) is 63.1 Å². The summed E-state index contributed by atoms with van der Waals surface area (Å²) in [7, 11) is 0. The molecular weight excluding hydrogens is 467 g/mol. The van der Waals surface area contributed by atoms with Crippen LogP contribution < -0.4 is 10.6 Å². The van der Waals surface area contributed by atoms with Crippen LogP contribution in [-0.2, 0) is 35.1 Å². The van der Waals surface area contributed by atoms with Crippen LogP contribution in [-0.4, -0.2) is 49.1 Å². The third kappa shape index (κ3) is 8.31. The smallest absolute Gasteiger partial charge is 0.328 e. The van der Waals surface area contributed by atoms with Gasteiger partial charge in [0.2, 0.25) is 11.8 Å². The first kappa shape index (κ1) is 27.6. The Kier molecular flexibility index (Phi) is 10.7. The van der Waals surface area contributed by atoms with Gasteiger partial charge in [-0.15, -0.1) is 0 Å². The average molecular weight is 508 g/mol. The van der Waals surface area contributed by atoms with Crippen molar-refractivity contribution >= 4 is 23.8 Å². The fourth-order valence-electron chi connectivity index (χ4n) is 4.53. The lowest BCUT2D eigenvalue weighted by molar-refractivity contribution is -0.149. The fourth-order valence-corrected chi connectivity index (χ4v) is 4.53. The predicted octanol–water partition coefficient (Wildman–Crippen LogP) is 3.46. The molecule has 8 nitrogen and oxygen atoms in total. The molecule has 1 aliphatic carbocycles. The minimum absolute atomic E-state index is 0.0331. The van der Waals surface area contributed by atoms with E-state index in [-0.39, 0.29) is 31.9 Å². The molecule has 36 heavy (non-hydrogen) atoms. The van der Waals surface area contributed by atoms with Gasteiger partial charge in [0.1, 0.15) is 17.9 Å². The van der Waals surface area contributed by atoms with Gasteiger partial charge in [-0.1, -0.05) is 38.8 Å². The largest absolute Gasteiger partial charge is 0.466 e. The van der Waals surface area contributed by atoms with Gasteiger partial charge >= 0.3 is 11.9 Å². The lowest BCUT2D eigenvalue weighted by Crippen LogP contribution is -2.56. The number of benzene rings is 1. The molecule has 2 atom stereocenters. The number of hydrogen-bond donors (Lipinski definition) is 2. The molecule has 0 saturated heterocycles. The molecule has 1 saturated carbocycles. The number of esters is 2. The van der Waals surface area contributed by atoms with Crippen molar-refractivity contribution in [1.29, 1.82) is 0 Å². The van der Waals surface area contributed by atoms with Gasteiger partial charge in [0, 0.05) is 6.42 Å². The second-order valence-electron chi connectivity index (χ2n) is 9.57. The Morgan fingerprint density at radius 1 is 1.06 bits per heavy atom. The van der Waals surface area contributed by atoms with Gasteiger partial charge in [0.15, 0.2) is 1.41 Å². The maximum atomic E-state index is 13.7. The lowest BCUT2D eigenvalue weighted by atomic mass is 9.78. The van der Waals surface area contributed by atoms with Crippen LogP contribution in [0.2, 0.25) is 1.41 Å². The van der Waals surface area contributed by atoms with Crippen molar-refractivity contribution in [2.24, 2.45) is 11.3 Å². The summed E-state index contributed by atoms with van der Waals surface area (Å²) >= 11 is 0. The molecule has 0 heterocycles. The second kappa shape index (κ2) is 13.9. The highest BCUT2D eigenvalue weighted by Gasteiger charge is 2.43. The Morgan fingerprint density at radius 3 is 2.22 bits per heavy atom. The molecular formula is C27H39FN2O6. The number of amides is 2.